The molecular formula is C22H30N6O6. The molecule has 2 aromatic heterocycles. The third kappa shape index (κ3) is 5.41. The number of aliphatic hydroxyl groups excluding tert-OH is 1. The van der Waals surface area contributed by atoms with Crippen molar-refractivity contribution in [3.8, 4) is 11.5 Å². The Hall–Kier alpha value is -3.35. The fourth-order valence-electron chi connectivity index (χ4n) is 3.83. The molecule has 1 aliphatic rings. The third-order valence-corrected chi connectivity index (χ3v) is 5.72. The highest BCUT2D eigenvalue weighted by Crippen LogP contribution is 2.19. The highest BCUT2D eigenvalue weighted by Gasteiger charge is 2.20. The molecule has 184 valence electrons. The van der Waals surface area contributed by atoms with E-state index in [1.54, 1.807) is 43.0 Å². The predicted octanol–water partition coefficient (Wildman–Crippen LogP) is -0.384. The highest BCUT2D eigenvalue weighted by atomic mass is 16.5. The summed E-state index contributed by atoms with van der Waals surface area (Å²) >= 11 is 0. The first-order valence-electron chi connectivity index (χ1n) is 11.1. The number of rotatable bonds is 10. The molecule has 0 bridgehead atoms. The van der Waals surface area contributed by atoms with Gasteiger partial charge in [-0.2, -0.15) is 4.98 Å². The van der Waals surface area contributed by atoms with Crippen LogP contribution in [0.5, 0.6) is 11.5 Å². The van der Waals surface area contributed by atoms with Crippen LogP contribution in [0.3, 0.4) is 0 Å². The first kappa shape index (κ1) is 23.8. The molecule has 1 saturated heterocycles. The molecule has 1 atom stereocenters. The minimum Gasteiger partial charge on any atom is -0.497 e. The summed E-state index contributed by atoms with van der Waals surface area (Å²) in [5.74, 6) is 1.69. The van der Waals surface area contributed by atoms with Gasteiger partial charge in [-0.3, -0.25) is 19.2 Å². The van der Waals surface area contributed by atoms with Crippen LogP contribution in [-0.2, 0) is 18.3 Å². The Balaban J connectivity index is 1.50. The first-order chi connectivity index (χ1) is 16.5. The molecule has 0 aliphatic carbocycles. The number of nitrogens with one attached hydrogen (secondary N) is 2. The molecule has 0 spiro atoms. The van der Waals surface area contributed by atoms with Crippen LogP contribution in [0.25, 0.3) is 11.2 Å². The van der Waals surface area contributed by atoms with E-state index in [-0.39, 0.29) is 24.3 Å². The van der Waals surface area contributed by atoms with Crippen LogP contribution in [0.1, 0.15) is 0 Å². The topological polar surface area (TPSA) is 136 Å². The van der Waals surface area contributed by atoms with E-state index in [1.165, 1.54) is 4.57 Å². The molecule has 0 radical (unpaired) electrons. The van der Waals surface area contributed by atoms with Crippen molar-refractivity contribution in [1.29, 1.82) is 0 Å². The number of morpholine rings is 1. The molecule has 0 amide bonds. The van der Waals surface area contributed by atoms with E-state index in [0.717, 1.165) is 19.6 Å². The van der Waals surface area contributed by atoms with Gasteiger partial charge in [0.25, 0.3) is 5.56 Å². The van der Waals surface area contributed by atoms with Gasteiger partial charge in [0.2, 0.25) is 5.95 Å². The Labute approximate surface area is 195 Å². The fraction of sp³-hybridized carbons (Fsp3) is 0.500. The van der Waals surface area contributed by atoms with Gasteiger partial charge in [-0.05, 0) is 24.3 Å². The lowest BCUT2D eigenvalue weighted by Gasteiger charge is -2.26. The average molecular weight is 475 g/mol. The van der Waals surface area contributed by atoms with Crippen molar-refractivity contribution in [3.05, 3.63) is 45.1 Å². The SMILES string of the molecule is COc1ccc(OC[C@@H](O)Cn2c(NCCN3CCOCC3)nc3c2c(=O)[nH]c(=O)n3C)cc1. The summed E-state index contributed by atoms with van der Waals surface area (Å²) in [5, 5.41) is 13.9. The Bertz CT molecular complexity index is 1210. The molecular weight excluding hydrogens is 444 g/mol. The van der Waals surface area contributed by atoms with Crippen LogP contribution in [0.4, 0.5) is 5.95 Å². The number of aliphatic hydroxyl groups is 1. The van der Waals surface area contributed by atoms with Crippen LogP contribution in [-0.4, -0.2) is 88.3 Å². The van der Waals surface area contributed by atoms with Gasteiger partial charge in [0, 0.05) is 33.2 Å². The number of methoxy groups -OCH3 is 1. The molecule has 3 aromatic rings. The summed E-state index contributed by atoms with van der Waals surface area (Å²) < 4.78 is 19.1. The van der Waals surface area contributed by atoms with Crippen LogP contribution in [0.15, 0.2) is 33.9 Å². The van der Waals surface area contributed by atoms with Crippen molar-refractivity contribution in [1.82, 2.24) is 24.0 Å². The summed E-state index contributed by atoms with van der Waals surface area (Å²) in [5.41, 5.74) is -0.661. The number of H-pyrrole nitrogens is 1. The molecule has 3 heterocycles. The molecule has 12 nitrogen and oxygen atoms in total. The van der Waals surface area contributed by atoms with Gasteiger partial charge in [-0.15, -0.1) is 0 Å². The minimum atomic E-state index is -0.934. The second kappa shape index (κ2) is 10.7. The molecule has 1 aromatic carbocycles. The number of nitrogens with zero attached hydrogens (tertiary/aromatic N) is 4. The van der Waals surface area contributed by atoms with Gasteiger partial charge in [0.15, 0.2) is 11.2 Å². The molecule has 0 saturated carbocycles. The minimum absolute atomic E-state index is 0.00287. The van der Waals surface area contributed by atoms with E-state index in [0.29, 0.717) is 37.2 Å². The number of benzene rings is 1. The Kier molecular flexibility index (Phi) is 7.50. The van der Waals surface area contributed by atoms with Crippen LogP contribution in [0.2, 0.25) is 0 Å². The summed E-state index contributed by atoms with van der Waals surface area (Å²) in [6.45, 7) is 4.52. The van der Waals surface area contributed by atoms with Gasteiger partial charge in [0.05, 0.1) is 26.9 Å². The van der Waals surface area contributed by atoms with Crippen molar-refractivity contribution in [2.75, 3.05) is 58.4 Å². The van der Waals surface area contributed by atoms with Crippen molar-refractivity contribution >= 4 is 17.1 Å². The maximum Gasteiger partial charge on any atom is 0.329 e. The van der Waals surface area contributed by atoms with E-state index < -0.39 is 17.4 Å². The summed E-state index contributed by atoms with van der Waals surface area (Å²) in [6.07, 6.45) is -0.934. The van der Waals surface area contributed by atoms with Gasteiger partial charge in [-0.1, -0.05) is 0 Å². The van der Waals surface area contributed by atoms with Gasteiger partial charge >= 0.3 is 5.69 Å². The van der Waals surface area contributed by atoms with E-state index >= 15 is 0 Å². The fourth-order valence-corrected chi connectivity index (χ4v) is 3.83. The number of ether oxygens (including phenoxy) is 3. The Morgan fingerprint density at radius 2 is 1.91 bits per heavy atom. The van der Waals surface area contributed by atoms with E-state index in [4.69, 9.17) is 14.2 Å². The van der Waals surface area contributed by atoms with E-state index in [1.807, 2.05) is 0 Å². The second-order valence-electron chi connectivity index (χ2n) is 8.06. The summed E-state index contributed by atoms with van der Waals surface area (Å²) in [7, 11) is 3.12. The quantitative estimate of drug-likeness (QED) is 0.359. The number of anilines is 1. The molecule has 1 fully saturated rings. The Morgan fingerprint density at radius 1 is 1.21 bits per heavy atom. The van der Waals surface area contributed by atoms with Gasteiger partial charge in [-0.25, -0.2) is 4.79 Å². The van der Waals surface area contributed by atoms with Crippen LogP contribution >= 0.6 is 0 Å². The standard InChI is InChI=1S/C22H30N6O6/c1-26-19-18(20(30)25-22(26)31)28(21(24-19)23-7-8-27-9-11-33-12-10-27)13-15(29)14-34-17-5-3-16(32-2)4-6-17/h3-6,15,29H,7-14H2,1-2H3,(H,23,24)(H,25,30,31)/t15-/m0/s1. The number of hydrogen-bond donors (Lipinski definition) is 3. The monoisotopic (exact) mass is 474 g/mol. The number of imidazole rings is 1. The Morgan fingerprint density at radius 3 is 2.62 bits per heavy atom. The lowest BCUT2D eigenvalue weighted by atomic mass is 10.3. The largest absolute Gasteiger partial charge is 0.497 e. The zero-order chi connectivity index (χ0) is 24.1. The van der Waals surface area contributed by atoms with Gasteiger partial charge in [0.1, 0.15) is 24.2 Å². The molecule has 4 rings (SSSR count). The van der Waals surface area contributed by atoms with Gasteiger partial charge < -0.3 is 29.2 Å². The highest BCUT2D eigenvalue weighted by molar-refractivity contribution is 5.74. The zero-order valence-electron chi connectivity index (χ0n) is 19.3. The normalized spacial score (nSPS) is 15.4. The molecule has 1 aliphatic heterocycles. The maximum absolute atomic E-state index is 12.6. The van der Waals surface area contributed by atoms with Crippen molar-refractivity contribution in [3.63, 3.8) is 0 Å². The molecule has 0 unspecified atom stereocenters. The number of aryl methyl sites for hydroxylation is 1. The predicted molar refractivity (Wildman–Crippen MR) is 126 cm³/mol. The smallest absolute Gasteiger partial charge is 0.329 e. The molecule has 12 heteroatoms. The second-order valence-corrected chi connectivity index (χ2v) is 8.06. The van der Waals surface area contributed by atoms with Crippen molar-refractivity contribution in [2.24, 2.45) is 7.05 Å². The van der Waals surface area contributed by atoms with Crippen molar-refractivity contribution in [2.45, 2.75) is 12.6 Å². The van der Waals surface area contributed by atoms with Crippen LogP contribution < -0.4 is 26.0 Å². The number of aromatic nitrogens is 4. The number of aromatic amines is 1. The first-order valence-corrected chi connectivity index (χ1v) is 11.1. The van der Waals surface area contributed by atoms with Crippen LogP contribution in [0, 0.1) is 0 Å². The molecule has 3 N–H and O–H groups in total. The molecule has 34 heavy (non-hydrogen) atoms. The average Bonchev–Trinajstić information content (AvgIpc) is 3.21. The third-order valence-electron chi connectivity index (χ3n) is 5.72. The number of hydrogen-bond acceptors (Lipinski definition) is 9. The summed E-state index contributed by atoms with van der Waals surface area (Å²) in [6, 6.07) is 7.03. The lowest BCUT2D eigenvalue weighted by molar-refractivity contribution is 0.0398. The zero-order valence-corrected chi connectivity index (χ0v) is 19.3. The van der Waals surface area contributed by atoms with Crippen molar-refractivity contribution < 1.29 is 19.3 Å². The van der Waals surface area contributed by atoms with E-state index in [9.17, 15) is 14.7 Å². The lowest BCUT2D eigenvalue weighted by Crippen LogP contribution is -2.39. The maximum atomic E-state index is 12.6. The summed E-state index contributed by atoms with van der Waals surface area (Å²) in [4.78, 5) is 33.7. The number of fused-ring (bicyclic) bond motifs is 1. The van der Waals surface area contributed by atoms with E-state index in [2.05, 4.69) is 20.2 Å².